The van der Waals surface area contributed by atoms with Crippen LogP contribution in [0.25, 0.3) is 0 Å². The van der Waals surface area contributed by atoms with Gasteiger partial charge in [-0.1, -0.05) is 30.1 Å². The standard InChI is InChI=1S/C7H7Cl2NS/c1-2-5-7(11)4(8)3-6(9)10-5/h3,11H,2H2,1H3. The molecule has 0 aliphatic rings. The Morgan fingerprint density at radius 3 is 2.73 bits per heavy atom. The fourth-order valence-corrected chi connectivity index (χ4v) is 1.52. The highest BCUT2D eigenvalue weighted by atomic mass is 35.5. The van der Waals surface area contributed by atoms with E-state index in [1.807, 2.05) is 6.92 Å². The minimum Gasteiger partial charge on any atom is -0.240 e. The van der Waals surface area contributed by atoms with E-state index in [1.165, 1.54) is 0 Å². The average Bonchev–Trinajstić information content (AvgIpc) is 1.96. The summed E-state index contributed by atoms with van der Waals surface area (Å²) in [6, 6.07) is 1.59. The number of aryl methyl sites for hydroxylation is 1. The Hall–Kier alpha value is 0.0800. The molecule has 1 aromatic heterocycles. The van der Waals surface area contributed by atoms with E-state index in [1.54, 1.807) is 6.07 Å². The van der Waals surface area contributed by atoms with Crippen molar-refractivity contribution >= 4 is 35.8 Å². The molecule has 0 atom stereocenters. The molecular weight excluding hydrogens is 201 g/mol. The van der Waals surface area contributed by atoms with Gasteiger partial charge in [0, 0.05) is 4.90 Å². The number of hydrogen-bond acceptors (Lipinski definition) is 2. The Kier molecular flexibility index (Phi) is 3.05. The summed E-state index contributed by atoms with van der Waals surface area (Å²) in [7, 11) is 0. The molecule has 0 saturated carbocycles. The first-order chi connectivity index (χ1) is 5.15. The van der Waals surface area contributed by atoms with E-state index in [0.717, 1.165) is 17.0 Å². The molecule has 0 aromatic carbocycles. The molecule has 0 amide bonds. The summed E-state index contributed by atoms with van der Waals surface area (Å²) in [5.41, 5.74) is 0.839. The Balaban J connectivity index is 3.24. The quantitative estimate of drug-likeness (QED) is 0.552. The molecule has 4 heteroatoms. The van der Waals surface area contributed by atoms with Crippen LogP contribution in [0.5, 0.6) is 0 Å². The van der Waals surface area contributed by atoms with Gasteiger partial charge >= 0.3 is 0 Å². The van der Waals surface area contributed by atoms with Gasteiger partial charge < -0.3 is 0 Å². The van der Waals surface area contributed by atoms with Gasteiger partial charge in [0.1, 0.15) is 5.15 Å². The van der Waals surface area contributed by atoms with Crippen LogP contribution in [-0.4, -0.2) is 4.98 Å². The van der Waals surface area contributed by atoms with E-state index in [2.05, 4.69) is 17.6 Å². The van der Waals surface area contributed by atoms with Crippen molar-refractivity contribution in [3.05, 3.63) is 21.9 Å². The van der Waals surface area contributed by atoms with Gasteiger partial charge in [-0.15, -0.1) is 12.6 Å². The topological polar surface area (TPSA) is 12.9 Å². The molecule has 0 fully saturated rings. The second-order valence-electron chi connectivity index (χ2n) is 2.08. The minimum atomic E-state index is 0.421. The summed E-state index contributed by atoms with van der Waals surface area (Å²) in [4.78, 5) is 4.78. The Morgan fingerprint density at radius 2 is 2.18 bits per heavy atom. The summed E-state index contributed by atoms with van der Waals surface area (Å²) in [5, 5.41) is 0.981. The van der Waals surface area contributed by atoms with Crippen LogP contribution in [-0.2, 0) is 6.42 Å². The lowest BCUT2D eigenvalue weighted by atomic mass is 10.3. The van der Waals surface area contributed by atoms with Crippen LogP contribution in [0.2, 0.25) is 10.2 Å². The van der Waals surface area contributed by atoms with Gasteiger partial charge in [-0.05, 0) is 12.5 Å². The van der Waals surface area contributed by atoms with Crippen molar-refractivity contribution in [1.82, 2.24) is 4.98 Å². The number of nitrogens with zero attached hydrogens (tertiary/aromatic N) is 1. The normalized spacial score (nSPS) is 10.2. The zero-order valence-electron chi connectivity index (χ0n) is 5.93. The first-order valence-electron chi connectivity index (χ1n) is 3.19. The summed E-state index contributed by atoms with van der Waals surface area (Å²) in [6.45, 7) is 1.98. The van der Waals surface area contributed by atoms with Crippen LogP contribution in [0.4, 0.5) is 0 Å². The third-order valence-electron chi connectivity index (χ3n) is 1.32. The molecule has 1 nitrogen and oxygen atoms in total. The van der Waals surface area contributed by atoms with E-state index in [4.69, 9.17) is 23.2 Å². The van der Waals surface area contributed by atoms with Gasteiger partial charge in [0.2, 0.25) is 0 Å². The van der Waals surface area contributed by atoms with Crippen LogP contribution in [0, 0.1) is 0 Å². The van der Waals surface area contributed by atoms with Gasteiger partial charge in [-0.25, -0.2) is 4.98 Å². The first-order valence-corrected chi connectivity index (χ1v) is 4.39. The number of aromatic nitrogens is 1. The van der Waals surface area contributed by atoms with Gasteiger partial charge in [-0.2, -0.15) is 0 Å². The molecule has 0 saturated heterocycles. The minimum absolute atomic E-state index is 0.421. The van der Waals surface area contributed by atoms with Crippen molar-refractivity contribution in [1.29, 1.82) is 0 Å². The molecule has 1 aromatic rings. The Morgan fingerprint density at radius 1 is 1.55 bits per heavy atom. The number of halogens is 2. The average molecular weight is 208 g/mol. The van der Waals surface area contributed by atoms with Crippen LogP contribution < -0.4 is 0 Å². The highest BCUT2D eigenvalue weighted by Crippen LogP contribution is 2.25. The van der Waals surface area contributed by atoms with Gasteiger partial charge in [-0.3, -0.25) is 0 Å². The lowest BCUT2D eigenvalue weighted by Gasteiger charge is -2.02. The zero-order chi connectivity index (χ0) is 8.43. The molecular formula is C7H7Cl2NS. The first kappa shape index (κ1) is 9.17. The number of pyridine rings is 1. The molecule has 0 bridgehead atoms. The maximum atomic E-state index is 5.80. The second kappa shape index (κ2) is 3.65. The zero-order valence-corrected chi connectivity index (χ0v) is 8.34. The monoisotopic (exact) mass is 207 g/mol. The summed E-state index contributed by atoms with van der Waals surface area (Å²) in [6.07, 6.45) is 0.791. The van der Waals surface area contributed by atoms with Crippen molar-refractivity contribution in [3.63, 3.8) is 0 Å². The Labute approximate surface area is 81.1 Å². The third kappa shape index (κ3) is 2.01. The lowest BCUT2D eigenvalue weighted by Crippen LogP contribution is -1.90. The van der Waals surface area contributed by atoms with Crippen LogP contribution >= 0.6 is 35.8 Å². The van der Waals surface area contributed by atoms with Gasteiger partial charge in [0.05, 0.1) is 10.7 Å². The largest absolute Gasteiger partial charge is 0.240 e. The van der Waals surface area contributed by atoms with Crippen molar-refractivity contribution in [3.8, 4) is 0 Å². The molecule has 0 radical (unpaired) electrons. The van der Waals surface area contributed by atoms with Crippen molar-refractivity contribution in [2.75, 3.05) is 0 Å². The third-order valence-corrected chi connectivity index (χ3v) is 2.44. The second-order valence-corrected chi connectivity index (χ2v) is 3.32. The fourth-order valence-electron chi connectivity index (χ4n) is 0.771. The fraction of sp³-hybridized carbons (Fsp3) is 0.286. The maximum absolute atomic E-state index is 5.80. The molecule has 1 heterocycles. The summed E-state index contributed by atoms with van der Waals surface area (Å²) in [5.74, 6) is 0. The molecule has 60 valence electrons. The summed E-state index contributed by atoms with van der Waals surface area (Å²) >= 11 is 15.7. The molecule has 0 unspecified atom stereocenters. The van der Waals surface area contributed by atoms with Gasteiger partial charge in [0.15, 0.2) is 0 Å². The van der Waals surface area contributed by atoms with E-state index >= 15 is 0 Å². The van der Waals surface area contributed by atoms with Crippen LogP contribution in [0.15, 0.2) is 11.0 Å². The number of hydrogen-bond donors (Lipinski definition) is 1. The molecule has 0 aliphatic carbocycles. The van der Waals surface area contributed by atoms with E-state index in [-0.39, 0.29) is 0 Å². The van der Waals surface area contributed by atoms with E-state index in [0.29, 0.717) is 10.2 Å². The van der Waals surface area contributed by atoms with Crippen LogP contribution in [0.1, 0.15) is 12.6 Å². The SMILES string of the molecule is CCc1nc(Cl)cc(Cl)c1S. The van der Waals surface area contributed by atoms with Crippen LogP contribution in [0.3, 0.4) is 0 Å². The van der Waals surface area contributed by atoms with Crippen molar-refractivity contribution in [2.24, 2.45) is 0 Å². The smallest absolute Gasteiger partial charge is 0.130 e. The molecule has 11 heavy (non-hydrogen) atoms. The molecule has 0 spiro atoms. The Bertz CT molecular complexity index is 275. The lowest BCUT2D eigenvalue weighted by molar-refractivity contribution is 0.983. The van der Waals surface area contributed by atoms with Gasteiger partial charge in [0.25, 0.3) is 0 Å². The summed E-state index contributed by atoms with van der Waals surface area (Å²) < 4.78 is 0. The number of thiol groups is 1. The molecule has 0 N–H and O–H groups in total. The predicted molar refractivity (Wildman–Crippen MR) is 50.9 cm³/mol. The molecule has 0 aliphatic heterocycles. The maximum Gasteiger partial charge on any atom is 0.130 e. The molecule has 1 rings (SSSR count). The highest BCUT2D eigenvalue weighted by molar-refractivity contribution is 7.80. The van der Waals surface area contributed by atoms with E-state index < -0.39 is 0 Å². The predicted octanol–water partition coefficient (Wildman–Crippen LogP) is 3.24. The highest BCUT2D eigenvalue weighted by Gasteiger charge is 2.04. The van der Waals surface area contributed by atoms with E-state index in [9.17, 15) is 0 Å². The van der Waals surface area contributed by atoms with Crippen molar-refractivity contribution < 1.29 is 0 Å². The van der Waals surface area contributed by atoms with Crippen molar-refractivity contribution in [2.45, 2.75) is 18.2 Å². The number of rotatable bonds is 1.